The number of hydrogen-bond donors (Lipinski definition) is 0. The van der Waals surface area contributed by atoms with Gasteiger partial charge in [-0.25, -0.2) is 8.42 Å². The molecule has 0 aliphatic rings. The summed E-state index contributed by atoms with van der Waals surface area (Å²) in [5, 5.41) is 1.03. The van der Waals surface area contributed by atoms with Gasteiger partial charge in [-0.15, -0.1) is 0 Å². The fourth-order valence-corrected chi connectivity index (χ4v) is 3.49. The van der Waals surface area contributed by atoms with E-state index in [1.54, 1.807) is 18.2 Å². The Morgan fingerprint density at radius 3 is 2.45 bits per heavy atom. The molecule has 0 saturated carbocycles. The van der Waals surface area contributed by atoms with Crippen molar-refractivity contribution in [1.29, 1.82) is 0 Å². The lowest BCUT2D eigenvalue weighted by molar-refractivity contribution is -0.189. The number of hydrogen-bond acceptors (Lipinski definition) is 4. The first-order chi connectivity index (χ1) is 13.4. The standard InChI is InChI=1S/C19H15ClF3NO4S/c1-11(19(21,22)23)28-17-6-5-14(29(2,26)27)10-15(17)18(25)24-8-7-12-3-4-13(20)9-16(12)24/h3-11H,1-2H3/t11-/m0/s1. The molecular weight excluding hydrogens is 431 g/mol. The van der Waals surface area contributed by atoms with Crippen molar-refractivity contribution in [2.75, 3.05) is 6.26 Å². The highest BCUT2D eigenvalue weighted by Gasteiger charge is 2.38. The van der Waals surface area contributed by atoms with Gasteiger partial charge in [0.1, 0.15) is 5.75 Å². The van der Waals surface area contributed by atoms with Crippen LogP contribution in [0.2, 0.25) is 5.02 Å². The molecule has 1 aromatic heterocycles. The lowest BCUT2D eigenvalue weighted by Gasteiger charge is -2.20. The number of carbonyl (C=O) groups excluding carboxylic acids is 1. The largest absolute Gasteiger partial charge is 0.480 e. The normalized spacial score (nSPS) is 13.4. The fourth-order valence-electron chi connectivity index (χ4n) is 2.68. The number of halogens is 4. The average Bonchev–Trinajstić information content (AvgIpc) is 3.02. The van der Waals surface area contributed by atoms with Crippen molar-refractivity contribution in [3.63, 3.8) is 0 Å². The van der Waals surface area contributed by atoms with Gasteiger partial charge in [0.2, 0.25) is 0 Å². The van der Waals surface area contributed by atoms with Crippen LogP contribution in [-0.2, 0) is 9.84 Å². The first-order valence-corrected chi connectivity index (χ1v) is 10.5. The quantitative estimate of drug-likeness (QED) is 0.583. The highest BCUT2D eigenvalue weighted by molar-refractivity contribution is 7.90. The Morgan fingerprint density at radius 1 is 1.14 bits per heavy atom. The van der Waals surface area contributed by atoms with E-state index in [1.165, 1.54) is 16.8 Å². The van der Waals surface area contributed by atoms with E-state index in [0.29, 0.717) is 15.9 Å². The van der Waals surface area contributed by atoms with E-state index in [2.05, 4.69) is 0 Å². The number of carbonyl (C=O) groups is 1. The van der Waals surface area contributed by atoms with Gasteiger partial charge >= 0.3 is 6.18 Å². The zero-order valence-corrected chi connectivity index (χ0v) is 16.8. The van der Waals surface area contributed by atoms with Gasteiger partial charge in [-0.1, -0.05) is 17.7 Å². The van der Waals surface area contributed by atoms with Crippen LogP contribution >= 0.6 is 11.6 Å². The SMILES string of the molecule is C[C@H](Oc1ccc(S(C)(=O)=O)cc1C(=O)n1ccc2ccc(Cl)cc21)C(F)(F)F. The molecule has 0 bridgehead atoms. The number of sulfone groups is 1. The molecule has 0 spiro atoms. The lowest BCUT2D eigenvalue weighted by atomic mass is 10.1. The summed E-state index contributed by atoms with van der Waals surface area (Å²) >= 11 is 5.98. The molecule has 2 aromatic carbocycles. The Labute approximate surface area is 169 Å². The van der Waals surface area contributed by atoms with Crippen molar-refractivity contribution in [2.45, 2.75) is 24.1 Å². The van der Waals surface area contributed by atoms with E-state index in [1.807, 2.05) is 0 Å². The molecule has 0 radical (unpaired) electrons. The summed E-state index contributed by atoms with van der Waals surface area (Å²) in [4.78, 5) is 12.9. The predicted molar refractivity (Wildman–Crippen MR) is 102 cm³/mol. The van der Waals surface area contributed by atoms with E-state index in [0.717, 1.165) is 31.4 Å². The summed E-state index contributed by atoms with van der Waals surface area (Å²) in [6, 6.07) is 9.60. The van der Waals surface area contributed by atoms with Crippen molar-refractivity contribution in [2.24, 2.45) is 0 Å². The Morgan fingerprint density at radius 2 is 1.83 bits per heavy atom. The molecule has 0 aliphatic heterocycles. The smallest absolute Gasteiger partial charge is 0.425 e. The van der Waals surface area contributed by atoms with Crippen molar-refractivity contribution >= 4 is 38.2 Å². The molecule has 5 nitrogen and oxygen atoms in total. The Bertz CT molecular complexity index is 1200. The molecule has 0 N–H and O–H groups in total. The predicted octanol–water partition coefficient (Wildman–Crippen LogP) is 4.72. The number of nitrogens with zero attached hydrogens (tertiary/aromatic N) is 1. The van der Waals surface area contributed by atoms with Gasteiger partial charge in [0.25, 0.3) is 5.91 Å². The van der Waals surface area contributed by atoms with Crippen LogP contribution in [0.5, 0.6) is 5.75 Å². The number of rotatable bonds is 4. The van der Waals surface area contributed by atoms with Crippen molar-refractivity contribution < 1.29 is 31.1 Å². The summed E-state index contributed by atoms with van der Waals surface area (Å²) < 4.78 is 68.7. The van der Waals surface area contributed by atoms with Gasteiger partial charge < -0.3 is 4.74 Å². The van der Waals surface area contributed by atoms with E-state index < -0.39 is 28.0 Å². The van der Waals surface area contributed by atoms with Gasteiger partial charge in [0, 0.05) is 22.9 Å². The zero-order valence-electron chi connectivity index (χ0n) is 15.2. The maximum Gasteiger partial charge on any atom is 0.425 e. The van der Waals surface area contributed by atoms with Gasteiger partial charge in [-0.3, -0.25) is 9.36 Å². The van der Waals surface area contributed by atoms with E-state index in [-0.39, 0.29) is 16.2 Å². The molecule has 3 aromatic rings. The maximum absolute atomic E-state index is 13.1. The number of ether oxygens (including phenoxy) is 1. The van der Waals surface area contributed by atoms with Crippen LogP contribution in [0, 0.1) is 0 Å². The number of alkyl halides is 3. The molecule has 1 heterocycles. The van der Waals surface area contributed by atoms with Gasteiger partial charge in [0.15, 0.2) is 15.9 Å². The summed E-state index contributed by atoms with van der Waals surface area (Å²) in [5.74, 6) is -1.13. The second-order valence-corrected chi connectivity index (χ2v) is 8.88. The monoisotopic (exact) mass is 445 g/mol. The minimum absolute atomic E-state index is 0.220. The molecule has 0 unspecified atom stereocenters. The van der Waals surface area contributed by atoms with Crippen LogP contribution in [0.4, 0.5) is 13.2 Å². The molecule has 29 heavy (non-hydrogen) atoms. The molecule has 0 saturated heterocycles. The maximum atomic E-state index is 13.1. The number of benzene rings is 2. The highest BCUT2D eigenvalue weighted by Crippen LogP contribution is 2.30. The summed E-state index contributed by atoms with van der Waals surface area (Å²) in [6.07, 6.45) is -4.51. The van der Waals surface area contributed by atoms with Crippen LogP contribution < -0.4 is 4.74 Å². The first kappa shape index (κ1) is 21.2. The van der Waals surface area contributed by atoms with Crippen LogP contribution in [-0.4, -0.2) is 37.4 Å². The van der Waals surface area contributed by atoms with Gasteiger partial charge in [-0.2, -0.15) is 13.2 Å². The third-order valence-corrected chi connectivity index (χ3v) is 5.59. The molecule has 0 aliphatic carbocycles. The van der Waals surface area contributed by atoms with Crippen LogP contribution in [0.1, 0.15) is 17.3 Å². The van der Waals surface area contributed by atoms with Crippen molar-refractivity contribution in [3.8, 4) is 5.75 Å². The summed E-state index contributed by atoms with van der Waals surface area (Å²) in [7, 11) is -3.71. The minimum Gasteiger partial charge on any atom is -0.480 e. The number of fused-ring (bicyclic) bond motifs is 1. The molecule has 10 heteroatoms. The zero-order chi connectivity index (χ0) is 21.6. The summed E-state index contributed by atoms with van der Waals surface area (Å²) in [5.41, 5.74) is 0.101. The Hall–Kier alpha value is -2.52. The third kappa shape index (κ3) is 4.40. The third-order valence-electron chi connectivity index (χ3n) is 4.25. The lowest BCUT2D eigenvalue weighted by Crippen LogP contribution is -2.32. The van der Waals surface area contributed by atoms with Gasteiger partial charge in [-0.05, 0) is 43.3 Å². The molecule has 154 valence electrons. The molecular formula is C19H15ClF3NO4S. The average molecular weight is 446 g/mol. The Balaban J connectivity index is 2.16. The van der Waals surface area contributed by atoms with Crippen molar-refractivity contribution in [1.82, 2.24) is 4.57 Å². The van der Waals surface area contributed by atoms with E-state index >= 15 is 0 Å². The summed E-state index contributed by atoms with van der Waals surface area (Å²) in [6.45, 7) is 0.795. The molecule has 0 fully saturated rings. The van der Waals surface area contributed by atoms with Crippen LogP contribution in [0.15, 0.2) is 53.6 Å². The molecule has 1 atom stereocenters. The highest BCUT2D eigenvalue weighted by atomic mass is 35.5. The second-order valence-electron chi connectivity index (χ2n) is 6.43. The second kappa shape index (κ2) is 7.38. The van der Waals surface area contributed by atoms with E-state index in [4.69, 9.17) is 16.3 Å². The van der Waals surface area contributed by atoms with E-state index in [9.17, 15) is 26.4 Å². The Kier molecular flexibility index (Phi) is 5.40. The van der Waals surface area contributed by atoms with Crippen LogP contribution in [0.3, 0.4) is 0 Å². The topological polar surface area (TPSA) is 65.4 Å². The minimum atomic E-state index is -4.66. The van der Waals surface area contributed by atoms with Crippen LogP contribution in [0.25, 0.3) is 10.9 Å². The number of aromatic nitrogens is 1. The van der Waals surface area contributed by atoms with Gasteiger partial charge in [0.05, 0.1) is 16.0 Å². The molecule has 3 rings (SSSR count). The van der Waals surface area contributed by atoms with Crippen molar-refractivity contribution in [3.05, 3.63) is 59.2 Å². The first-order valence-electron chi connectivity index (χ1n) is 8.27. The fraction of sp³-hybridized carbons (Fsp3) is 0.211. The molecule has 0 amide bonds.